The summed E-state index contributed by atoms with van der Waals surface area (Å²) in [6.45, 7) is 6.22. The molecule has 2 rings (SSSR count). The van der Waals surface area contributed by atoms with Crippen LogP contribution in [0.4, 0.5) is 0 Å². The Morgan fingerprint density at radius 1 is 1.40 bits per heavy atom. The zero-order chi connectivity index (χ0) is 14.9. The minimum Gasteiger partial charge on any atom is -0.491 e. The van der Waals surface area contributed by atoms with E-state index in [1.54, 1.807) is 18.2 Å². The first-order valence-corrected chi connectivity index (χ1v) is 8.20. The van der Waals surface area contributed by atoms with Crippen LogP contribution in [0.5, 0.6) is 5.75 Å². The standard InChI is InChI=1S/C14H21NO4S/c1-10(2)19-14-5-4-13(8-11(14)3)20(17,18)15-7-6-12(16)9-15/h4-5,8,10,12,16H,6-7,9H2,1-3H3/t12-/m0/s1. The van der Waals surface area contributed by atoms with Gasteiger partial charge in [-0.1, -0.05) is 0 Å². The number of aryl methyl sites for hydroxylation is 1. The van der Waals surface area contributed by atoms with Crippen LogP contribution in [0, 0.1) is 6.92 Å². The second kappa shape index (κ2) is 5.71. The van der Waals surface area contributed by atoms with Crippen molar-refractivity contribution in [3.63, 3.8) is 0 Å². The van der Waals surface area contributed by atoms with Crippen LogP contribution in [-0.4, -0.2) is 43.1 Å². The maximum absolute atomic E-state index is 12.4. The van der Waals surface area contributed by atoms with Gasteiger partial charge < -0.3 is 9.84 Å². The zero-order valence-corrected chi connectivity index (χ0v) is 12.9. The van der Waals surface area contributed by atoms with Gasteiger partial charge in [0.05, 0.1) is 17.1 Å². The van der Waals surface area contributed by atoms with Gasteiger partial charge in [0.2, 0.25) is 10.0 Å². The van der Waals surface area contributed by atoms with Crippen LogP contribution in [0.15, 0.2) is 23.1 Å². The third kappa shape index (κ3) is 3.13. The molecule has 0 saturated carbocycles. The normalized spacial score (nSPS) is 20.6. The van der Waals surface area contributed by atoms with Crippen molar-refractivity contribution < 1.29 is 18.3 Å². The Hall–Kier alpha value is -1.11. The van der Waals surface area contributed by atoms with Gasteiger partial charge in [-0.3, -0.25) is 0 Å². The first-order chi connectivity index (χ1) is 9.30. The summed E-state index contributed by atoms with van der Waals surface area (Å²) in [6, 6.07) is 4.87. The number of β-amino-alcohol motifs (C(OH)–C–C–N with tert-alkyl or cyclic N) is 1. The smallest absolute Gasteiger partial charge is 0.243 e. The van der Waals surface area contributed by atoms with Crippen LogP contribution in [-0.2, 0) is 10.0 Å². The molecule has 0 unspecified atom stereocenters. The molecule has 20 heavy (non-hydrogen) atoms. The van der Waals surface area contributed by atoms with Crippen molar-refractivity contribution in [2.24, 2.45) is 0 Å². The summed E-state index contributed by atoms with van der Waals surface area (Å²) in [5.41, 5.74) is 0.791. The average molecular weight is 299 g/mol. The molecule has 0 bridgehead atoms. The van der Waals surface area contributed by atoms with Gasteiger partial charge in [-0.25, -0.2) is 8.42 Å². The third-order valence-corrected chi connectivity index (χ3v) is 5.13. The molecule has 0 amide bonds. The van der Waals surface area contributed by atoms with Gasteiger partial charge in [0.1, 0.15) is 5.75 Å². The van der Waals surface area contributed by atoms with Gasteiger partial charge in [0.25, 0.3) is 0 Å². The van der Waals surface area contributed by atoms with E-state index in [4.69, 9.17) is 4.74 Å². The number of ether oxygens (including phenoxy) is 1. The van der Waals surface area contributed by atoms with E-state index >= 15 is 0 Å². The van der Waals surface area contributed by atoms with E-state index in [9.17, 15) is 13.5 Å². The van der Waals surface area contributed by atoms with Gasteiger partial charge in [-0.15, -0.1) is 0 Å². The summed E-state index contributed by atoms with van der Waals surface area (Å²) in [7, 11) is -3.52. The van der Waals surface area contributed by atoms with Crippen LogP contribution in [0.3, 0.4) is 0 Å². The van der Waals surface area contributed by atoms with Crippen molar-refractivity contribution in [1.82, 2.24) is 4.31 Å². The third-order valence-electron chi connectivity index (χ3n) is 3.27. The van der Waals surface area contributed by atoms with Gasteiger partial charge in [0.15, 0.2) is 0 Å². The van der Waals surface area contributed by atoms with E-state index in [2.05, 4.69) is 0 Å². The molecule has 1 aliphatic rings. The van der Waals surface area contributed by atoms with E-state index in [0.29, 0.717) is 18.7 Å². The number of nitrogens with zero attached hydrogens (tertiary/aromatic N) is 1. The number of rotatable bonds is 4. The molecule has 1 heterocycles. The number of aliphatic hydroxyl groups excluding tert-OH is 1. The molecular formula is C14H21NO4S. The quantitative estimate of drug-likeness (QED) is 0.916. The van der Waals surface area contributed by atoms with Crippen LogP contribution >= 0.6 is 0 Å². The highest BCUT2D eigenvalue weighted by molar-refractivity contribution is 7.89. The molecule has 1 aromatic carbocycles. The van der Waals surface area contributed by atoms with Crippen molar-refractivity contribution in [2.45, 2.75) is 44.3 Å². The van der Waals surface area contributed by atoms with Gasteiger partial charge >= 0.3 is 0 Å². The lowest BCUT2D eigenvalue weighted by Gasteiger charge is -2.17. The van der Waals surface area contributed by atoms with E-state index in [-0.39, 0.29) is 17.5 Å². The molecule has 6 heteroatoms. The summed E-state index contributed by atoms with van der Waals surface area (Å²) in [5, 5.41) is 9.48. The zero-order valence-electron chi connectivity index (χ0n) is 12.0. The Morgan fingerprint density at radius 3 is 2.60 bits per heavy atom. The fourth-order valence-electron chi connectivity index (χ4n) is 2.25. The molecule has 1 saturated heterocycles. The van der Waals surface area contributed by atoms with Crippen molar-refractivity contribution in [2.75, 3.05) is 13.1 Å². The number of hydrogen-bond acceptors (Lipinski definition) is 4. The number of aliphatic hydroxyl groups is 1. The predicted octanol–water partition coefficient (Wildman–Crippen LogP) is 1.54. The van der Waals surface area contributed by atoms with Crippen molar-refractivity contribution >= 4 is 10.0 Å². The second-order valence-electron chi connectivity index (χ2n) is 5.40. The Morgan fingerprint density at radius 2 is 2.10 bits per heavy atom. The first kappa shape index (κ1) is 15.3. The van der Waals surface area contributed by atoms with Gasteiger partial charge in [-0.05, 0) is 51.0 Å². The Balaban J connectivity index is 2.27. The average Bonchev–Trinajstić information content (AvgIpc) is 2.78. The number of sulfonamides is 1. The number of benzene rings is 1. The monoisotopic (exact) mass is 299 g/mol. The summed E-state index contributed by atoms with van der Waals surface area (Å²) >= 11 is 0. The van der Waals surface area contributed by atoms with Crippen LogP contribution < -0.4 is 4.74 Å². The lowest BCUT2D eigenvalue weighted by molar-refractivity contribution is 0.189. The van der Waals surface area contributed by atoms with E-state index in [1.807, 2.05) is 20.8 Å². The molecule has 0 radical (unpaired) electrons. The largest absolute Gasteiger partial charge is 0.491 e. The topological polar surface area (TPSA) is 66.8 Å². The Labute approximate surface area is 120 Å². The molecular weight excluding hydrogens is 278 g/mol. The SMILES string of the molecule is Cc1cc(S(=O)(=O)N2CC[C@H](O)C2)ccc1OC(C)C. The summed E-state index contributed by atoms with van der Waals surface area (Å²) < 4.78 is 31.8. The van der Waals surface area contributed by atoms with Crippen molar-refractivity contribution in [3.05, 3.63) is 23.8 Å². The second-order valence-corrected chi connectivity index (χ2v) is 7.34. The van der Waals surface area contributed by atoms with Crippen molar-refractivity contribution in [3.8, 4) is 5.75 Å². The van der Waals surface area contributed by atoms with Crippen LogP contribution in [0.25, 0.3) is 0 Å². The summed E-state index contributed by atoms with van der Waals surface area (Å²) in [6.07, 6.45) is -0.0217. The van der Waals surface area contributed by atoms with E-state index in [0.717, 1.165) is 5.56 Å². The van der Waals surface area contributed by atoms with Crippen LogP contribution in [0.1, 0.15) is 25.8 Å². The van der Waals surface area contributed by atoms with Gasteiger partial charge in [-0.2, -0.15) is 4.31 Å². The fraction of sp³-hybridized carbons (Fsp3) is 0.571. The molecule has 1 atom stereocenters. The molecule has 1 N–H and O–H groups in total. The number of hydrogen-bond donors (Lipinski definition) is 1. The minimum atomic E-state index is -3.52. The lowest BCUT2D eigenvalue weighted by atomic mass is 10.2. The van der Waals surface area contributed by atoms with Crippen LogP contribution in [0.2, 0.25) is 0 Å². The minimum absolute atomic E-state index is 0.0462. The van der Waals surface area contributed by atoms with Crippen molar-refractivity contribution in [1.29, 1.82) is 0 Å². The molecule has 1 aromatic rings. The molecule has 1 fully saturated rings. The summed E-state index contributed by atoms with van der Waals surface area (Å²) in [5.74, 6) is 0.695. The Kier molecular flexibility index (Phi) is 4.36. The maximum Gasteiger partial charge on any atom is 0.243 e. The molecule has 5 nitrogen and oxygen atoms in total. The highest BCUT2D eigenvalue weighted by Gasteiger charge is 2.31. The Bertz CT molecular complexity index is 583. The molecule has 112 valence electrons. The molecule has 1 aliphatic heterocycles. The molecule has 0 aliphatic carbocycles. The first-order valence-electron chi connectivity index (χ1n) is 6.76. The highest BCUT2D eigenvalue weighted by atomic mass is 32.2. The van der Waals surface area contributed by atoms with E-state index < -0.39 is 16.1 Å². The molecule has 0 aromatic heterocycles. The predicted molar refractivity (Wildman–Crippen MR) is 76.3 cm³/mol. The maximum atomic E-state index is 12.4. The van der Waals surface area contributed by atoms with E-state index in [1.165, 1.54) is 4.31 Å². The highest BCUT2D eigenvalue weighted by Crippen LogP contribution is 2.26. The van der Waals surface area contributed by atoms with Gasteiger partial charge in [0, 0.05) is 13.1 Å². The fourth-order valence-corrected chi connectivity index (χ4v) is 3.82. The summed E-state index contributed by atoms with van der Waals surface area (Å²) in [4.78, 5) is 0.250. The molecule has 0 spiro atoms. The lowest BCUT2D eigenvalue weighted by Crippen LogP contribution is -2.29.